The van der Waals surface area contributed by atoms with E-state index in [0.29, 0.717) is 12.8 Å². The van der Waals surface area contributed by atoms with Gasteiger partial charge < -0.3 is 4.74 Å². The average molecular weight is 605 g/mol. The maximum atomic E-state index is 15.1. The third kappa shape index (κ3) is 7.41. The first-order valence-electron chi connectivity index (χ1n) is 14.3. The average Bonchev–Trinajstić information content (AvgIpc) is 2.95. The summed E-state index contributed by atoms with van der Waals surface area (Å²) in [5, 5.41) is 0. The van der Waals surface area contributed by atoms with Crippen LogP contribution >= 0.6 is 0 Å². The molecule has 2 aliphatic rings. The lowest BCUT2D eigenvalue weighted by Crippen LogP contribution is -2.38. The minimum absolute atomic E-state index is 0.0568. The summed E-state index contributed by atoms with van der Waals surface area (Å²) in [6.07, 6.45) is 0.121. The van der Waals surface area contributed by atoms with Crippen LogP contribution in [0, 0.1) is 35.0 Å². The fourth-order valence-electron chi connectivity index (χ4n) is 6.11. The quantitative estimate of drug-likeness (QED) is 0.157. The van der Waals surface area contributed by atoms with Crippen LogP contribution in [-0.4, -0.2) is 12.2 Å². The molecule has 2 saturated carbocycles. The Balaban J connectivity index is 1.33. The Kier molecular flexibility index (Phi) is 10.5. The monoisotopic (exact) mass is 604 g/mol. The number of rotatable bonds is 9. The van der Waals surface area contributed by atoms with E-state index in [4.69, 9.17) is 4.74 Å². The van der Waals surface area contributed by atoms with E-state index in [-0.39, 0.29) is 68.4 Å². The zero-order valence-electron chi connectivity index (χ0n) is 23.2. The predicted molar refractivity (Wildman–Crippen MR) is 142 cm³/mol. The summed E-state index contributed by atoms with van der Waals surface area (Å²) in [5.41, 5.74) is -0.601. The van der Waals surface area contributed by atoms with Crippen LogP contribution in [-0.2, 0) is 4.74 Å². The van der Waals surface area contributed by atoms with Crippen LogP contribution in [0.2, 0.25) is 0 Å². The van der Waals surface area contributed by atoms with Crippen molar-refractivity contribution >= 4 is 5.83 Å². The van der Waals surface area contributed by atoms with Crippen LogP contribution in [0.3, 0.4) is 0 Å². The normalized spacial score (nSPS) is 24.2. The van der Waals surface area contributed by atoms with E-state index >= 15 is 8.78 Å². The summed E-state index contributed by atoms with van der Waals surface area (Å²) in [6, 6.07) is 3.32. The molecule has 230 valence electrons. The number of ether oxygens (including phenoxy) is 1. The molecule has 0 amide bonds. The van der Waals surface area contributed by atoms with Crippen molar-refractivity contribution in [3.63, 3.8) is 0 Å². The summed E-state index contributed by atoms with van der Waals surface area (Å²) in [7, 11) is 0. The molecule has 0 aromatic heterocycles. The second kappa shape index (κ2) is 13.7. The van der Waals surface area contributed by atoms with E-state index < -0.39 is 70.4 Å². The molecule has 2 fully saturated rings. The highest BCUT2D eigenvalue weighted by molar-refractivity contribution is 5.61. The molecular formula is C32H33F9O. The lowest BCUT2D eigenvalue weighted by atomic mass is 9.77. The lowest BCUT2D eigenvalue weighted by molar-refractivity contribution is -0.300. The van der Waals surface area contributed by atoms with Gasteiger partial charge >= 0.3 is 6.11 Å². The summed E-state index contributed by atoms with van der Waals surface area (Å²) >= 11 is 0. The third-order valence-electron chi connectivity index (χ3n) is 8.42. The highest BCUT2D eigenvalue weighted by Gasteiger charge is 2.45. The molecular weight excluding hydrogens is 571 g/mol. The van der Waals surface area contributed by atoms with E-state index in [1.807, 2.05) is 0 Å². The standard InChI is InChI=1S/C32H33F9O/c1-2-3-4-5-24(33)30(38)21-16-25(34)29(26(35)17-21)19-6-10-22(11-7-19)32(40,41)42-23-12-8-18(9-13-23)20-14-27(36)31(39)28(37)15-20/h2-3,14-19,22-23H,4-13H2,1H3. The van der Waals surface area contributed by atoms with Gasteiger partial charge in [-0.1, -0.05) is 12.2 Å². The number of allylic oxidation sites excluding steroid dienone is 3. The number of alkyl halides is 2. The van der Waals surface area contributed by atoms with Crippen LogP contribution < -0.4 is 0 Å². The molecule has 0 unspecified atom stereocenters. The zero-order valence-corrected chi connectivity index (χ0v) is 23.2. The first-order chi connectivity index (χ1) is 19.9. The van der Waals surface area contributed by atoms with E-state index in [1.165, 1.54) is 0 Å². The van der Waals surface area contributed by atoms with Crippen molar-refractivity contribution in [3.8, 4) is 0 Å². The molecule has 4 rings (SSSR count). The fraction of sp³-hybridized carbons (Fsp3) is 0.500. The van der Waals surface area contributed by atoms with E-state index in [1.54, 1.807) is 19.1 Å². The Labute approximate surface area is 239 Å². The van der Waals surface area contributed by atoms with Gasteiger partial charge in [0.25, 0.3) is 0 Å². The lowest BCUT2D eigenvalue weighted by Gasteiger charge is -2.37. The van der Waals surface area contributed by atoms with Gasteiger partial charge in [0.15, 0.2) is 23.3 Å². The number of hydrogen-bond acceptors (Lipinski definition) is 1. The van der Waals surface area contributed by atoms with Crippen molar-refractivity contribution in [3.05, 3.63) is 88.0 Å². The largest absolute Gasteiger partial charge is 0.358 e. The van der Waals surface area contributed by atoms with Crippen molar-refractivity contribution < 1.29 is 44.3 Å². The smallest absolute Gasteiger partial charge is 0.317 e. The van der Waals surface area contributed by atoms with Crippen molar-refractivity contribution in [1.82, 2.24) is 0 Å². The third-order valence-corrected chi connectivity index (χ3v) is 8.42. The van der Waals surface area contributed by atoms with Crippen LogP contribution in [0.4, 0.5) is 39.5 Å². The van der Waals surface area contributed by atoms with Gasteiger partial charge in [0.05, 0.1) is 12.0 Å². The molecule has 2 aromatic carbocycles. The van der Waals surface area contributed by atoms with E-state index in [9.17, 15) is 30.7 Å². The first kappa shape index (κ1) is 32.2. The SMILES string of the molecule is CC=CCCC(F)=C(F)c1cc(F)c(C2CCC(C(F)(F)OC3CCC(c4cc(F)c(F)c(F)c4)CC3)CC2)c(F)c1. The van der Waals surface area contributed by atoms with Gasteiger partial charge in [-0.15, -0.1) is 0 Å². The molecule has 42 heavy (non-hydrogen) atoms. The summed E-state index contributed by atoms with van der Waals surface area (Å²) < 4.78 is 134. The van der Waals surface area contributed by atoms with Crippen LogP contribution in [0.5, 0.6) is 0 Å². The van der Waals surface area contributed by atoms with E-state index in [2.05, 4.69) is 0 Å². The van der Waals surface area contributed by atoms with Crippen molar-refractivity contribution in [2.45, 2.75) is 95.2 Å². The number of benzene rings is 2. The Morgan fingerprint density at radius 2 is 1.33 bits per heavy atom. The maximum Gasteiger partial charge on any atom is 0.358 e. The Morgan fingerprint density at radius 3 is 1.88 bits per heavy atom. The summed E-state index contributed by atoms with van der Waals surface area (Å²) in [5.74, 6) is -10.9. The first-order valence-corrected chi connectivity index (χ1v) is 14.3. The van der Waals surface area contributed by atoms with Crippen LogP contribution in [0.25, 0.3) is 5.83 Å². The van der Waals surface area contributed by atoms with Crippen molar-refractivity contribution in [1.29, 1.82) is 0 Å². The van der Waals surface area contributed by atoms with Gasteiger partial charge in [0.1, 0.15) is 17.5 Å². The molecule has 0 aliphatic heterocycles. The number of hydrogen-bond donors (Lipinski definition) is 0. The Morgan fingerprint density at radius 1 is 0.786 bits per heavy atom. The second-order valence-corrected chi connectivity index (χ2v) is 11.2. The maximum absolute atomic E-state index is 15.1. The summed E-state index contributed by atoms with van der Waals surface area (Å²) in [6.45, 7) is 1.72. The minimum atomic E-state index is -3.49. The molecule has 2 aliphatic carbocycles. The van der Waals surface area contributed by atoms with Gasteiger partial charge in [-0.25, -0.2) is 30.7 Å². The molecule has 0 spiro atoms. The molecule has 0 atom stereocenters. The van der Waals surface area contributed by atoms with Crippen molar-refractivity contribution in [2.24, 2.45) is 5.92 Å². The molecule has 0 saturated heterocycles. The number of halogens is 9. The van der Waals surface area contributed by atoms with Crippen LogP contribution in [0.1, 0.15) is 99.7 Å². The Bertz CT molecular complexity index is 1260. The second-order valence-electron chi connectivity index (χ2n) is 11.2. The van der Waals surface area contributed by atoms with Gasteiger partial charge in [0, 0.05) is 17.5 Å². The van der Waals surface area contributed by atoms with Gasteiger partial charge in [-0.05, 0) is 106 Å². The molecule has 0 heterocycles. The highest BCUT2D eigenvalue weighted by Crippen LogP contribution is 2.46. The van der Waals surface area contributed by atoms with Crippen LogP contribution in [0.15, 0.2) is 42.2 Å². The Hall–Kier alpha value is -2.75. The molecule has 0 N–H and O–H groups in total. The van der Waals surface area contributed by atoms with Crippen molar-refractivity contribution in [2.75, 3.05) is 0 Å². The van der Waals surface area contributed by atoms with Gasteiger partial charge in [-0.3, -0.25) is 0 Å². The molecule has 0 radical (unpaired) electrons. The summed E-state index contributed by atoms with van der Waals surface area (Å²) in [4.78, 5) is 0. The highest BCUT2D eigenvalue weighted by atomic mass is 19.3. The molecule has 0 bridgehead atoms. The minimum Gasteiger partial charge on any atom is -0.317 e. The molecule has 1 nitrogen and oxygen atoms in total. The molecule has 10 heteroatoms. The topological polar surface area (TPSA) is 9.23 Å². The van der Waals surface area contributed by atoms with Gasteiger partial charge in [-0.2, -0.15) is 8.78 Å². The van der Waals surface area contributed by atoms with E-state index in [0.717, 1.165) is 24.3 Å². The zero-order chi connectivity index (χ0) is 30.6. The predicted octanol–water partition coefficient (Wildman–Crippen LogP) is 11.0. The molecule has 2 aromatic rings. The van der Waals surface area contributed by atoms with Gasteiger partial charge in [0.2, 0.25) is 0 Å². The fourth-order valence-corrected chi connectivity index (χ4v) is 6.11.